The number of benzene rings is 1. The van der Waals surface area contributed by atoms with E-state index in [1.165, 1.54) is 0 Å². The van der Waals surface area contributed by atoms with E-state index in [1.807, 2.05) is 6.07 Å². The summed E-state index contributed by atoms with van der Waals surface area (Å²) in [6, 6.07) is 5.35. The van der Waals surface area contributed by atoms with Gasteiger partial charge in [-0.2, -0.15) is 0 Å². The van der Waals surface area contributed by atoms with Gasteiger partial charge in [-0.1, -0.05) is 13.3 Å². The van der Waals surface area contributed by atoms with Crippen LogP contribution in [-0.4, -0.2) is 31.7 Å². The molecule has 2 N–H and O–H groups in total. The molecule has 1 amide bonds. The number of aromatic amines is 1. The molecule has 1 aromatic carbocycles. The second-order valence-electron chi connectivity index (χ2n) is 5.62. The molecule has 6 nitrogen and oxygen atoms in total. The molecule has 6 heteroatoms. The van der Waals surface area contributed by atoms with Crippen LogP contribution in [0, 0.1) is 0 Å². The molecule has 0 fully saturated rings. The largest absolute Gasteiger partial charge is 0.493 e. The van der Waals surface area contributed by atoms with Crippen molar-refractivity contribution < 1.29 is 14.3 Å². The molecule has 0 atom stereocenters. The number of H-pyrrole nitrogens is 1. The van der Waals surface area contributed by atoms with Crippen molar-refractivity contribution in [2.75, 3.05) is 20.8 Å². The van der Waals surface area contributed by atoms with Crippen molar-refractivity contribution >= 4 is 16.8 Å². The third-order valence-corrected chi connectivity index (χ3v) is 3.90. The van der Waals surface area contributed by atoms with Crippen molar-refractivity contribution in [3.05, 3.63) is 34.1 Å². The Hall–Kier alpha value is -2.50. The van der Waals surface area contributed by atoms with Gasteiger partial charge in [0, 0.05) is 30.0 Å². The third kappa shape index (κ3) is 4.28. The summed E-state index contributed by atoms with van der Waals surface area (Å²) in [5, 5.41) is 3.70. The Bertz CT molecular complexity index is 767. The number of rotatable bonds is 8. The second kappa shape index (κ2) is 8.38. The van der Waals surface area contributed by atoms with Crippen LogP contribution in [0.15, 0.2) is 23.0 Å². The van der Waals surface area contributed by atoms with Crippen LogP contribution in [0.25, 0.3) is 10.9 Å². The van der Waals surface area contributed by atoms with Crippen LogP contribution >= 0.6 is 0 Å². The summed E-state index contributed by atoms with van der Waals surface area (Å²) in [6.07, 6.45) is 2.70. The Morgan fingerprint density at radius 2 is 1.88 bits per heavy atom. The van der Waals surface area contributed by atoms with Gasteiger partial charge in [-0.05, 0) is 25.0 Å². The average molecular weight is 332 g/mol. The number of carbonyl (C=O) groups excluding carboxylic acids is 1. The minimum absolute atomic E-state index is 0.0322. The maximum absolute atomic E-state index is 12.2. The first-order valence-electron chi connectivity index (χ1n) is 8.13. The van der Waals surface area contributed by atoms with Gasteiger partial charge in [-0.15, -0.1) is 0 Å². The van der Waals surface area contributed by atoms with Crippen LogP contribution in [0.2, 0.25) is 0 Å². The van der Waals surface area contributed by atoms with E-state index in [4.69, 9.17) is 9.47 Å². The fourth-order valence-electron chi connectivity index (χ4n) is 2.51. The number of ether oxygens (including phenoxy) is 2. The fraction of sp³-hybridized carbons (Fsp3) is 0.444. The normalized spacial score (nSPS) is 10.6. The number of nitrogens with one attached hydrogen (secondary N) is 2. The van der Waals surface area contributed by atoms with Crippen molar-refractivity contribution in [2.45, 2.75) is 32.6 Å². The average Bonchev–Trinajstić information content (AvgIpc) is 2.59. The van der Waals surface area contributed by atoms with Crippen molar-refractivity contribution in [1.29, 1.82) is 0 Å². The Balaban J connectivity index is 2.17. The van der Waals surface area contributed by atoms with E-state index in [1.54, 1.807) is 26.4 Å². The number of aromatic nitrogens is 1. The molecule has 130 valence electrons. The maximum Gasteiger partial charge on any atom is 0.251 e. The first-order chi connectivity index (χ1) is 11.6. The number of hydrogen-bond acceptors (Lipinski definition) is 4. The van der Waals surface area contributed by atoms with Gasteiger partial charge in [0.05, 0.1) is 19.7 Å². The number of carbonyl (C=O) groups is 1. The molecule has 0 aliphatic heterocycles. The Kier molecular flexibility index (Phi) is 6.23. The molecule has 1 heterocycles. The van der Waals surface area contributed by atoms with E-state index in [-0.39, 0.29) is 11.5 Å². The Morgan fingerprint density at radius 1 is 1.17 bits per heavy atom. The summed E-state index contributed by atoms with van der Waals surface area (Å²) in [5.41, 5.74) is 1.07. The van der Waals surface area contributed by atoms with Gasteiger partial charge in [-0.3, -0.25) is 9.59 Å². The van der Waals surface area contributed by atoms with E-state index in [0.717, 1.165) is 18.2 Å². The van der Waals surface area contributed by atoms with Crippen LogP contribution in [-0.2, 0) is 11.2 Å². The van der Waals surface area contributed by atoms with Gasteiger partial charge < -0.3 is 19.8 Å². The lowest BCUT2D eigenvalue weighted by Gasteiger charge is -2.10. The topological polar surface area (TPSA) is 80.4 Å². The number of hydrogen-bond donors (Lipinski definition) is 2. The third-order valence-electron chi connectivity index (χ3n) is 3.90. The highest BCUT2D eigenvalue weighted by Crippen LogP contribution is 2.31. The number of fused-ring (bicyclic) bond motifs is 1. The van der Waals surface area contributed by atoms with Crippen molar-refractivity contribution in [3.63, 3.8) is 0 Å². The van der Waals surface area contributed by atoms with E-state index >= 15 is 0 Å². The molecule has 0 aliphatic carbocycles. The molecule has 0 bridgehead atoms. The monoisotopic (exact) mass is 332 g/mol. The van der Waals surface area contributed by atoms with E-state index in [9.17, 15) is 9.59 Å². The van der Waals surface area contributed by atoms with Gasteiger partial charge in [0.15, 0.2) is 11.5 Å². The summed E-state index contributed by atoms with van der Waals surface area (Å²) in [5.74, 6) is 1.12. The maximum atomic E-state index is 12.2. The molecule has 0 unspecified atom stereocenters. The first-order valence-corrected chi connectivity index (χ1v) is 8.13. The number of methoxy groups -OCH3 is 2. The molecular weight excluding hydrogens is 308 g/mol. The zero-order valence-corrected chi connectivity index (χ0v) is 14.4. The summed E-state index contributed by atoms with van der Waals surface area (Å²) in [7, 11) is 3.12. The number of amides is 1. The molecule has 0 radical (unpaired) electrons. The van der Waals surface area contributed by atoms with Crippen LogP contribution in [0.1, 0.15) is 31.7 Å². The number of aryl methyl sites for hydroxylation is 1. The van der Waals surface area contributed by atoms with Crippen LogP contribution in [0.5, 0.6) is 11.5 Å². The summed E-state index contributed by atoms with van der Waals surface area (Å²) in [6.45, 7) is 2.75. The van der Waals surface area contributed by atoms with Crippen LogP contribution < -0.4 is 20.3 Å². The SMILES string of the molecule is CCCCNC(=O)CCc1cc2cc(OC)c(OC)cc2[nH]c1=O. The molecule has 2 rings (SSSR count). The van der Waals surface area contributed by atoms with Crippen molar-refractivity contribution in [3.8, 4) is 11.5 Å². The predicted molar refractivity (Wildman–Crippen MR) is 93.9 cm³/mol. The van der Waals surface area contributed by atoms with Gasteiger partial charge in [0.25, 0.3) is 5.56 Å². The summed E-state index contributed by atoms with van der Waals surface area (Å²) in [4.78, 5) is 26.8. The zero-order chi connectivity index (χ0) is 17.5. The number of pyridine rings is 1. The molecule has 0 spiro atoms. The molecule has 0 aliphatic rings. The van der Waals surface area contributed by atoms with Gasteiger partial charge in [0.1, 0.15) is 0 Å². The van der Waals surface area contributed by atoms with Gasteiger partial charge in [0.2, 0.25) is 5.91 Å². The zero-order valence-electron chi connectivity index (χ0n) is 14.4. The fourth-order valence-corrected chi connectivity index (χ4v) is 2.51. The molecule has 0 saturated heterocycles. The van der Waals surface area contributed by atoms with Crippen LogP contribution in [0.3, 0.4) is 0 Å². The quantitative estimate of drug-likeness (QED) is 0.728. The van der Waals surface area contributed by atoms with E-state index in [2.05, 4.69) is 17.2 Å². The Morgan fingerprint density at radius 3 is 2.54 bits per heavy atom. The molecule has 24 heavy (non-hydrogen) atoms. The standard InChI is InChI=1S/C18H24N2O4/c1-4-5-8-19-17(21)7-6-12-9-13-10-15(23-2)16(24-3)11-14(13)20-18(12)22/h9-11H,4-8H2,1-3H3,(H,19,21)(H,20,22). The lowest BCUT2D eigenvalue weighted by atomic mass is 10.1. The van der Waals surface area contributed by atoms with Gasteiger partial charge >= 0.3 is 0 Å². The highest BCUT2D eigenvalue weighted by molar-refractivity contribution is 5.83. The smallest absolute Gasteiger partial charge is 0.251 e. The minimum atomic E-state index is -0.184. The van der Waals surface area contributed by atoms with Crippen molar-refractivity contribution in [1.82, 2.24) is 10.3 Å². The summed E-state index contributed by atoms with van der Waals surface area (Å²) >= 11 is 0. The molecule has 2 aromatic rings. The molecule has 1 aromatic heterocycles. The molecular formula is C18H24N2O4. The first kappa shape index (κ1) is 17.8. The van der Waals surface area contributed by atoms with E-state index in [0.29, 0.717) is 42.0 Å². The predicted octanol–water partition coefficient (Wildman–Crippen LogP) is 2.39. The van der Waals surface area contributed by atoms with Crippen molar-refractivity contribution in [2.24, 2.45) is 0 Å². The van der Waals surface area contributed by atoms with Gasteiger partial charge in [-0.25, -0.2) is 0 Å². The van der Waals surface area contributed by atoms with E-state index < -0.39 is 0 Å². The Labute approximate surface area is 141 Å². The lowest BCUT2D eigenvalue weighted by molar-refractivity contribution is -0.121. The highest BCUT2D eigenvalue weighted by Gasteiger charge is 2.10. The minimum Gasteiger partial charge on any atom is -0.493 e. The number of unbranched alkanes of at least 4 members (excludes halogenated alkanes) is 1. The lowest BCUT2D eigenvalue weighted by Crippen LogP contribution is -2.25. The second-order valence-corrected chi connectivity index (χ2v) is 5.62. The highest BCUT2D eigenvalue weighted by atomic mass is 16.5. The van der Waals surface area contributed by atoms with Crippen LogP contribution in [0.4, 0.5) is 0 Å². The summed E-state index contributed by atoms with van der Waals surface area (Å²) < 4.78 is 10.5. The molecule has 0 saturated carbocycles.